The molecule has 1 aromatic heterocycles. The van der Waals surface area contributed by atoms with Gasteiger partial charge in [-0.2, -0.15) is 0 Å². The lowest BCUT2D eigenvalue weighted by atomic mass is 10.2. The van der Waals surface area contributed by atoms with E-state index >= 15 is 0 Å². The molecule has 1 aromatic rings. The Morgan fingerprint density at radius 3 is 2.91 bits per heavy atom. The van der Waals surface area contributed by atoms with E-state index in [0.717, 1.165) is 16.9 Å². The molecule has 116 valence electrons. The van der Waals surface area contributed by atoms with E-state index in [4.69, 9.17) is 0 Å². The third-order valence-corrected chi connectivity index (χ3v) is 3.71. The first-order valence-corrected chi connectivity index (χ1v) is 7.23. The first-order valence-electron chi connectivity index (χ1n) is 7.23. The number of nitrogens with zero attached hydrogens (tertiary/aromatic N) is 3. The molecular formula is C14H17N5O3. The molecule has 0 saturated carbocycles. The summed E-state index contributed by atoms with van der Waals surface area (Å²) in [5, 5.41) is 5.27. The molecule has 0 radical (unpaired) electrons. The van der Waals surface area contributed by atoms with E-state index in [-0.39, 0.29) is 18.5 Å². The monoisotopic (exact) mass is 303 g/mol. The molecule has 0 atom stereocenters. The Kier molecular flexibility index (Phi) is 3.90. The molecule has 0 spiro atoms. The second-order valence-corrected chi connectivity index (χ2v) is 5.21. The highest BCUT2D eigenvalue weighted by molar-refractivity contribution is 5.95. The Labute approximate surface area is 127 Å². The lowest BCUT2D eigenvalue weighted by Crippen LogP contribution is -2.41. The van der Waals surface area contributed by atoms with Crippen molar-refractivity contribution in [2.45, 2.75) is 19.4 Å². The normalized spacial score (nSPS) is 17.8. The van der Waals surface area contributed by atoms with Crippen LogP contribution < -0.4 is 15.5 Å². The number of hydrogen-bond donors (Lipinski definition) is 2. The van der Waals surface area contributed by atoms with Gasteiger partial charge in [0.25, 0.3) is 0 Å². The third kappa shape index (κ3) is 2.85. The number of anilines is 1. The Hall–Kier alpha value is -2.64. The average Bonchev–Trinajstić information content (AvgIpc) is 3.13. The van der Waals surface area contributed by atoms with Gasteiger partial charge in [-0.15, -0.1) is 0 Å². The Morgan fingerprint density at radius 2 is 2.23 bits per heavy atom. The van der Waals surface area contributed by atoms with Gasteiger partial charge < -0.3 is 10.6 Å². The number of imide groups is 1. The van der Waals surface area contributed by atoms with E-state index in [9.17, 15) is 14.4 Å². The van der Waals surface area contributed by atoms with Crippen LogP contribution in [0.3, 0.4) is 0 Å². The Balaban J connectivity index is 1.62. The fraction of sp³-hybridized carbons (Fsp3) is 0.429. The van der Waals surface area contributed by atoms with Gasteiger partial charge in [-0.05, 0) is 24.1 Å². The molecule has 8 nitrogen and oxygen atoms in total. The maximum atomic E-state index is 11.9. The van der Waals surface area contributed by atoms with Gasteiger partial charge in [-0.25, -0.2) is 19.5 Å². The summed E-state index contributed by atoms with van der Waals surface area (Å²) in [7, 11) is 0. The van der Waals surface area contributed by atoms with Crippen LogP contribution >= 0.6 is 0 Å². The summed E-state index contributed by atoms with van der Waals surface area (Å²) in [5.41, 5.74) is 0.831. The van der Waals surface area contributed by atoms with Crippen LogP contribution in [0, 0.1) is 0 Å². The predicted octanol–water partition coefficient (Wildman–Crippen LogP) is 0.443. The summed E-state index contributed by atoms with van der Waals surface area (Å²) in [6.07, 6.45) is 3.00. The Morgan fingerprint density at radius 1 is 1.36 bits per heavy atom. The SMILES string of the molecule is O=C1NCCN1C(=O)NCc1ccnc(N2CCCC2=O)c1. The molecule has 3 rings (SSSR count). The van der Waals surface area contributed by atoms with Crippen LogP contribution in [0.15, 0.2) is 18.3 Å². The third-order valence-electron chi connectivity index (χ3n) is 3.71. The largest absolute Gasteiger partial charge is 0.336 e. The topological polar surface area (TPSA) is 94.6 Å². The summed E-state index contributed by atoms with van der Waals surface area (Å²) < 4.78 is 0. The lowest BCUT2D eigenvalue weighted by Gasteiger charge is -2.16. The van der Waals surface area contributed by atoms with Gasteiger partial charge in [0.05, 0.1) is 0 Å². The molecule has 22 heavy (non-hydrogen) atoms. The highest BCUT2D eigenvalue weighted by Crippen LogP contribution is 2.19. The van der Waals surface area contributed by atoms with Crippen molar-refractivity contribution in [1.29, 1.82) is 0 Å². The van der Waals surface area contributed by atoms with E-state index < -0.39 is 6.03 Å². The number of pyridine rings is 1. The van der Waals surface area contributed by atoms with Gasteiger partial charge in [0.15, 0.2) is 0 Å². The van der Waals surface area contributed by atoms with Crippen LogP contribution in [0.2, 0.25) is 0 Å². The van der Waals surface area contributed by atoms with Crippen molar-refractivity contribution in [1.82, 2.24) is 20.5 Å². The molecule has 0 bridgehead atoms. The number of urea groups is 2. The molecule has 2 saturated heterocycles. The minimum Gasteiger partial charge on any atom is -0.336 e. The van der Waals surface area contributed by atoms with Gasteiger partial charge >= 0.3 is 12.1 Å². The number of aromatic nitrogens is 1. The van der Waals surface area contributed by atoms with Crippen molar-refractivity contribution < 1.29 is 14.4 Å². The number of amides is 5. The van der Waals surface area contributed by atoms with Crippen molar-refractivity contribution in [3.63, 3.8) is 0 Å². The van der Waals surface area contributed by atoms with Crippen LogP contribution in [0.25, 0.3) is 0 Å². The molecule has 2 fully saturated rings. The second kappa shape index (κ2) is 6.00. The van der Waals surface area contributed by atoms with Crippen molar-refractivity contribution in [2.75, 3.05) is 24.5 Å². The minimum absolute atomic E-state index is 0.0717. The van der Waals surface area contributed by atoms with E-state index in [0.29, 0.717) is 31.9 Å². The van der Waals surface area contributed by atoms with E-state index in [1.165, 1.54) is 0 Å². The van der Waals surface area contributed by atoms with Gasteiger partial charge in [0, 0.05) is 38.8 Å². The zero-order chi connectivity index (χ0) is 15.5. The van der Waals surface area contributed by atoms with Gasteiger partial charge in [-0.3, -0.25) is 9.69 Å². The first-order chi connectivity index (χ1) is 10.6. The van der Waals surface area contributed by atoms with Crippen LogP contribution in [0.4, 0.5) is 15.4 Å². The summed E-state index contributed by atoms with van der Waals surface area (Å²) in [5.74, 6) is 0.676. The van der Waals surface area contributed by atoms with E-state index in [2.05, 4.69) is 15.6 Å². The predicted molar refractivity (Wildman–Crippen MR) is 78.2 cm³/mol. The number of rotatable bonds is 3. The zero-order valence-electron chi connectivity index (χ0n) is 12.0. The smallest absolute Gasteiger partial charge is 0.325 e. The van der Waals surface area contributed by atoms with Crippen LogP contribution in [-0.2, 0) is 11.3 Å². The molecule has 2 N–H and O–H groups in total. The highest BCUT2D eigenvalue weighted by Gasteiger charge is 2.26. The summed E-state index contributed by atoms with van der Waals surface area (Å²) in [6, 6.07) is 2.75. The molecule has 2 aliphatic heterocycles. The molecule has 2 aliphatic rings. The average molecular weight is 303 g/mol. The number of carbonyl (C=O) groups excluding carboxylic acids is 3. The van der Waals surface area contributed by atoms with E-state index in [1.54, 1.807) is 23.2 Å². The summed E-state index contributed by atoms with van der Waals surface area (Å²) in [6.45, 7) is 1.80. The fourth-order valence-corrected chi connectivity index (χ4v) is 2.55. The van der Waals surface area contributed by atoms with Gasteiger partial charge in [0.2, 0.25) is 5.91 Å². The van der Waals surface area contributed by atoms with Gasteiger partial charge in [0.1, 0.15) is 5.82 Å². The number of nitrogens with one attached hydrogen (secondary N) is 2. The van der Waals surface area contributed by atoms with Crippen molar-refractivity contribution in [3.8, 4) is 0 Å². The minimum atomic E-state index is -0.425. The standard InChI is InChI=1S/C14H17N5O3/c20-12-2-1-6-18(12)11-8-10(3-4-15-11)9-17-14(22)19-7-5-16-13(19)21/h3-4,8H,1-2,5-7,9H2,(H,16,21)(H,17,22). The molecule has 0 aliphatic carbocycles. The van der Waals surface area contributed by atoms with Crippen LogP contribution in [0.5, 0.6) is 0 Å². The fourth-order valence-electron chi connectivity index (χ4n) is 2.55. The molecule has 0 unspecified atom stereocenters. The highest BCUT2D eigenvalue weighted by atomic mass is 16.2. The molecule has 3 heterocycles. The zero-order valence-corrected chi connectivity index (χ0v) is 12.0. The van der Waals surface area contributed by atoms with Crippen LogP contribution in [-0.4, -0.2) is 47.5 Å². The first kappa shape index (κ1) is 14.3. The second-order valence-electron chi connectivity index (χ2n) is 5.21. The summed E-state index contributed by atoms with van der Waals surface area (Å²) in [4.78, 5) is 42.0. The summed E-state index contributed by atoms with van der Waals surface area (Å²) >= 11 is 0. The van der Waals surface area contributed by atoms with Gasteiger partial charge in [-0.1, -0.05) is 0 Å². The number of hydrogen-bond acceptors (Lipinski definition) is 4. The van der Waals surface area contributed by atoms with Crippen molar-refractivity contribution in [2.24, 2.45) is 0 Å². The quantitative estimate of drug-likeness (QED) is 0.847. The Bertz CT molecular complexity index is 618. The molecular weight excluding hydrogens is 286 g/mol. The van der Waals surface area contributed by atoms with Crippen molar-refractivity contribution >= 4 is 23.8 Å². The molecule has 5 amide bonds. The van der Waals surface area contributed by atoms with Crippen LogP contribution in [0.1, 0.15) is 18.4 Å². The molecule has 8 heteroatoms. The molecule has 0 aromatic carbocycles. The number of carbonyl (C=O) groups is 3. The van der Waals surface area contributed by atoms with Crippen molar-refractivity contribution in [3.05, 3.63) is 23.9 Å². The van der Waals surface area contributed by atoms with E-state index in [1.807, 2.05) is 0 Å². The maximum absolute atomic E-state index is 11.9. The lowest BCUT2D eigenvalue weighted by molar-refractivity contribution is -0.117. The maximum Gasteiger partial charge on any atom is 0.325 e.